The zero-order valence-electron chi connectivity index (χ0n) is 10.3. The lowest BCUT2D eigenvalue weighted by atomic mass is 9.87. The molecule has 92 valence electrons. The van der Waals surface area contributed by atoms with Crippen molar-refractivity contribution >= 4 is 5.91 Å². The molecule has 0 aromatic carbocycles. The summed E-state index contributed by atoms with van der Waals surface area (Å²) < 4.78 is 0. The lowest BCUT2D eigenvalue weighted by Gasteiger charge is -2.27. The van der Waals surface area contributed by atoms with Gasteiger partial charge < -0.3 is 10.6 Å². The van der Waals surface area contributed by atoms with Crippen molar-refractivity contribution in [3.63, 3.8) is 0 Å². The second-order valence-corrected chi connectivity index (χ2v) is 5.60. The van der Waals surface area contributed by atoms with Crippen molar-refractivity contribution in [1.29, 1.82) is 0 Å². The Kier molecular flexibility index (Phi) is 4.22. The molecule has 2 fully saturated rings. The van der Waals surface area contributed by atoms with Crippen LogP contribution in [0.25, 0.3) is 0 Å². The molecule has 0 saturated heterocycles. The number of carbonyl (C=O) groups excluding carboxylic acids is 1. The Balaban J connectivity index is 1.56. The van der Waals surface area contributed by atoms with Crippen LogP contribution in [-0.4, -0.2) is 25.0 Å². The zero-order chi connectivity index (χ0) is 11.4. The molecular weight excluding hydrogens is 200 g/mol. The molecule has 2 N–H and O–H groups in total. The van der Waals surface area contributed by atoms with E-state index < -0.39 is 0 Å². The molecule has 1 amide bonds. The third-order valence-corrected chi connectivity index (χ3v) is 3.77. The first kappa shape index (κ1) is 11.9. The predicted molar refractivity (Wildman–Crippen MR) is 65.2 cm³/mol. The fourth-order valence-corrected chi connectivity index (χ4v) is 2.50. The van der Waals surface area contributed by atoms with Gasteiger partial charge in [0.2, 0.25) is 5.91 Å². The van der Waals surface area contributed by atoms with Gasteiger partial charge in [-0.1, -0.05) is 19.8 Å². The van der Waals surface area contributed by atoms with Gasteiger partial charge in [0.15, 0.2) is 0 Å². The highest BCUT2D eigenvalue weighted by Crippen LogP contribution is 2.27. The molecule has 0 aromatic rings. The van der Waals surface area contributed by atoms with Gasteiger partial charge in [-0.3, -0.25) is 4.79 Å². The van der Waals surface area contributed by atoms with Crippen molar-refractivity contribution in [2.45, 2.75) is 51.5 Å². The summed E-state index contributed by atoms with van der Waals surface area (Å²) in [4.78, 5) is 11.5. The molecule has 16 heavy (non-hydrogen) atoms. The number of amides is 1. The van der Waals surface area contributed by atoms with E-state index in [4.69, 9.17) is 0 Å². The topological polar surface area (TPSA) is 41.1 Å². The standard InChI is InChI=1S/C13H24N2O/c1-10-3-2-4-12(7-10)14-9-13(16)15-8-11-5-6-11/h10-12,14H,2-9H2,1H3,(H,15,16). The summed E-state index contributed by atoms with van der Waals surface area (Å²) in [6.07, 6.45) is 7.73. The molecular formula is C13H24N2O. The molecule has 2 unspecified atom stereocenters. The SMILES string of the molecule is CC1CCCC(NCC(=O)NCC2CC2)C1. The third kappa shape index (κ3) is 4.12. The van der Waals surface area contributed by atoms with Gasteiger partial charge in [-0.2, -0.15) is 0 Å². The molecule has 0 bridgehead atoms. The molecule has 0 aliphatic heterocycles. The minimum absolute atomic E-state index is 0.171. The van der Waals surface area contributed by atoms with E-state index in [0.717, 1.165) is 18.4 Å². The molecule has 3 heteroatoms. The van der Waals surface area contributed by atoms with Crippen LogP contribution in [0.3, 0.4) is 0 Å². The summed E-state index contributed by atoms with van der Waals surface area (Å²) in [5, 5.41) is 6.38. The fourth-order valence-electron chi connectivity index (χ4n) is 2.50. The zero-order valence-corrected chi connectivity index (χ0v) is 10.3. The predicted octanol–water partition coefficient (Wildman–Crippen LogP) is 1.68. The Morgan fingerprint density at radius 3 is 2.75 bits per heavy atom. The van der Waals surface area contributed by atoms with E-state index in [2.05, 4.69) is 17.6 Å². The quantitative estimate of drug-likeness (QED) is 0.746. The highest BCUT2D eigenvalue weighted by molar-refractivity contribution is 5.78. The first-order valence-corrected chi connectivity index (χ1v) is 6.74. The molecule has 0 aromatic heterocycles. The van der Waals surface area contributed by atoms with Gasteiger partial charge in [0, 0.05) is 12.6 Å². The van der Waals surface area contributed by atoms with Crippen LogP contribution >= 0.6 is 0 Å². The van der Waals surface area contributed by atoms with Gasteiger partial charge in [0.1, 0.15) is 0 Å². The molecule has 2 rings (SSSR count). The van der Waals surface area contributed by atoms with Gasteiger partial charge in [0.05, 0.1) is 6.54 Å². The molecule has 3 nitrogen and oxygen atoms in total. The van der Waals surface area contributed by atoms with Crippen LogP contribution in [0, 0.1) is 11.8 Å². The summed E-state index contributed by atoms with van der Waals surface area (Å²) in [6, 6.07) is 0.565. The highest BCUT2D eigenvalue weighted by atomic mass is 16.1. The molecule has 0 heterocycles. The second kappa shape index (κ2) is 5.67. The van der Waals surface area contributed by atoms with Crippen LogP contribution in [0.2, 0.25) is 0 Å². The molecule has 2 atom stereocenters. The average molecular weight is 224 g/mol. The van der Waals surface area contributed by atoms with Crippen molar-refractivity contribution < 1.29 is 4.79 Å². The number of nitrogens with one attached hydrogen (secondary N) is 2. The Hall–Kier alpha value is -0.570. The lowest BCUT2D eigenvalue weighted by Crippen LogP contribution is -2.41. The average Bonchev–Trinajstić information content (AvgIpc) is 3.07. The minimum atomic E-state index is 0.171. The van der Waals surface area contributed by atoms with E-state index in [-0.39, 0.29) is 5.91 Å². The van der Waals surface area contributed by atoms with Crippen molar-refractivity contribution in [2.75, 3.05) is 13.1 Å². The maximum Gasteiger partial charge on any atom is 0.233 e. The van der Waals surface area contributed by atoms with Crippen molar-refractivity contribution in [2.24, 2.45) is 11.8 Å². The van der Waals surface area contributed by atoms with E-state index in [0.29, 0.717) is 12.6 Å². The third-order valence-electron chi connectivity index (χ3n) is 3.77. The number of carbonyl (C=O) groups is 1. The Bertz CT molecular complexity index is 238. The summed E-state index contributed by atoms with van der Waals surface area (Å²) in [5.74, 6) is 1.77. The summed E-state index contributed by atoms with van der Waals surface area (Å²) in [7, 11) is 0. The molecule has 0 radical (unpaired) electrons. The first-order chi connectivity index (χ1) is 7.74. The minimum Gasteiger partial charge on any atom is -0.355 e. The van der Waals surface area contributed by atoms with Crippen LogP contribution in [0.1, 0.15) is 45.4 Å². The molecule has 0 spiro atoms. The van der Waals surface area contributed by atoms with E-state index in [1.807, 2.05) is 0 Å². The largest absolute Gasteiger partial charge is 0.355 e. The van der Waals surface area contributed by atoms with Crippen LogP contribution in [0.4, 0.5) is 0 Å². The summed E-state index contributed by atoms with van der Waals surface area (Å²) >= 11 is 0. The Morgan fingerprint density at radius 2 is 2.06 bits per heavy atom. The van der Waals surface area contributed by atoms with Crippen molar-refractivity contribution in [3.05, 3.63) is 0 Å². The van der Waals surface area contributed by atoms with Crippen LogP contribution < -0.4 is 10.6 Å². The summed E-state index contributed by atoms with van der Waals surface area (Å²) in [6.45, 7) is 3.70. The number of hydrogen-bond donors (Lipinski definition) is 2. The Morgan fingerprint density at radius 1 is 1.25 bits per heavy atom. The van der Waals surface area contributed by atoms with Crippen molar-refractivity contribution in [3.8, 4) is 0 Å². The summed E-state index contributed by atoms with van der Waals surface area (Å²) in [5.41, 5.74) is 0. The van der Waals surface area contributed by atoms with E-state index in [1.165, 1.54) is 38.5 Å². The normalized spacial score (nSPS) is 30.1. The van der Waals surface area contributed by atoms with E-state index >= 15 is 0 Å². The first-order valence-electron chi connectivity index (χ1n) is 6.74. The maximum absolute atomic E-state index is 11.5. The number of rotatable bonds is 5. The monoisotopic (exact) mass is 224 g/mol. The number of hydrogen-bond acceptors (Lipinski definition) is 2. The highest BCUT2D eigenvalue weighted by Gasteiger charge is 2.22. The van der Waals surface area contributed by atoms with Crippen LogP contribution in [-0.2, 0) is 4.79 Å². The van der Waals surface area contributed by atoms with E-state index in [9.17, 15) is 4.79 Å². The van der Waals surface area contributed by atoms with Crippen LogP contribution in [0.5, 0.6) is 0 Å². The Labute approximate surface area is 98.4 Å². The molecule has 2 saturated carbocycles. The van der Waals surface area contributed by atoms with Crippen molar-refractivity contribution in [1.82, 2.24) is 10.6 Å². The second-order valence-electron chi connectivity index (χ2n) is 5.60. The van der Waals surface area contributed by atoms with E-state index in [1.54, 1.807) is 0 Å². The van der Waals surface area contributed by atoms with Gasteiger partial charge >= 0.3 is 0 Å². The maximum atomic E-state index is 11.5. The molecule has 2 aliphatic carbocycles. The van der Waals surface area contributed by atoms with Gasteiger partial charge in [0.25, 0.3) is 0 Å². The smallest absolute Gasteiger partial charge is 0.233 e. The molecule has 2 aliphatic rings. The lowest BCUT2D eigenvalue weighted by molar-refractivity contribution is -0.120. The fraction of sp³-hybridized carbons (Fsp3) is 0.923. The van der Waals surface area contributed by atoms with Crippen LogP contribution in [0.15, 0.2) is 0 Å². The van der Waals surface area contributed by atoms with Gasteiger partial charge in [-0.05, 0) is 37.5 Å². The van der Waals surface area contributed by atoms with Gasteiger partial charge in [-0.25, -0.2) is 0 Å². The van der Waals surface area contributed by atoms with Gasteiger partial charge in [-0.15, -0.1) is 0 Å².